The molecule has 3 nitrogen and oxygen atoms in total. The number of epoxide rings is 1. The van der Waals surface area contributed by atoms with Gasteiger partial charge in [-0.2, -0.15) is 0 Å². The Morgan fingerprint density at radius 2 is 2.18 bits per heavy atom. The average molecular weight is 301 g/mol. The molecule has 0 spiro atoms. The van der Waals surface area contributed by atoms with Crippen molar-refractivity contribution >= 4 is 5.71 Å². The van der Waals surface area contributed by atoms with Gasteiger partial charge in [-0.25, -0.2) is 0 Å². The number of rotatable bonds is 7. The summed E-state index contributed by atoms with van der Waals surface area (Å²) in [6, 6.07) is 0. The summed E-state index contributed by atoms with van der Waals surface area (Å²) in [5, 5.41) is 10.6. The minimum Gasteiger partial charge on any atom is -0.384 e. The molecule has 3 heteroatoms. The minimum atomic E-state index is -0.904. The van der Waals surface area contributed by atoms with E-state index in [0.29, 0.717) is 12.5 Å². The van der Waals surface area contributed by atoms with E-state index in [0.717, 1.165) is 25.1 Å². The smallest absolute Gasteiger partial charge is 0.125 e. The molecule has 1 saturated heterocycles. The predicted molar refractivity (Wildman–Crippen MR) is 92.3 cm³/mol. The first-order valence-electron chi connectivity index (χ1n) is 8.14. The molecule has 0 aromatic carbocycles. The zero-order valence-corrected chi connectivity index (χ0v) is 13.8. The maximum absolute atomic E-state index is 10.6. The van der Waals surface area contributed by atoms with Crippen molar-refractivity contribution in [1.82, 2.24) is 0 Å². The lowest BCUT2D eigenvalue weighted by molar-refractivity contribution is 0.131. The van der Waals surface area contributed by atoms with Crippen molar-refractivity contribution in [2.45, 2.75) is 57.8 Å². The van der Waals surface area contributed by atoms with Gasteiger partial charge in [0.2, 0.25) is 0 Å². The molecular formula is C19H27NO2. The lowest BCUT2D eigenvalue weighted by atomic mass is 9.90. The maximum atomic E-state index is 10.6. The van der Waals surface area contributed by atoms with Crippen molar-refractivity contribution in [3.63, 3.8) is 0 Å². The van der Waals surface area contributed by atoms with Crippen LogP contribution in [-0.2, 0) is 4.74 Å². The van der Waals surface area contributed by atoms with Gasteiger partial charge in [-0.15, -0.1) is 0 Å². The van der Waals surface area contributed by atoms with Gasteiger partial charge in [0.25, 0.3) is 0 Å². The third kappa shape index (κ3) is 4.79. The second kappa shape index (κ2) is 7.70. The van der Waals surface area contributed by atoms with Crippen LogP contribution in [0.5, 0.6) is 0 Å². The molecule has 1 fully saturated rings. The summed E-state index contributed by atoms with van der Waals surface area (Å²) in [5.41, 5.74) is 1.11. The zero-order valence-electron chi connectivity index (χ0n) is 13.8. The topological polar surface area (TPSA) is 45.1 Å². The van der Waals surface area contributed by atoms with E-state index in [4.69, 9.17) is 4.74 Å². The Bertz CT molecular complexity index is 524. The van der Waals surface area contributed by atoms with Gasteiger partial charge in [-0.05, 0) is 33.1 Å². The number of aliphatic hydroxyl groups is 1. The first kappa shape index (κ1) is 16.9. The highest BCUT2D eigenvalue weighted by atomic mass is 16.6. The molecule has 0 saturated carbocycles. The van der Waals surface area contributed by atoms with Crippen molar-refractivity contribution in [2.75, 3.05) is 6.54 Å². The second-order valence-corrected chi connectivity index (χ2v) is 6.16. The zero-order chi connectivity index (χ0) is 16.0. The predicted octanol–water partition coefficient (Wildman–Crippen LogP) is 3.76. The molecule has 0 bridgehead atoms. The van der Waals surface area contributed by atoms with Gasteiger partial charge in [0, 0.05) is 6.54 Å². The number of hydrogen-bond acceptors (Lipinski definition) is 3. The lowest BCUT2D eigenvalue weighted by Gasteiger charge is -2.24. The van der Waals surface area contributed by atoms with E-state index in [-0.39, 0.29) is 6.10 Å². The molecule has 22 heavy (non-hydrogen) atoms. The number of allylic oxidation sites excluding steroid dienone is 7. The van der Waals surface area contributed by atoms with Crippen LogP contribution in [0.4, 0.5) is 0 Å². The van der Waals surface area contributed by atoms with Crippen LogP contribution in [0.25, 0.3) is 0 Å². The average Bonchev–Trinajstić information content (AvgIpc) is 3.26. The molecule has 0 amide bonds. The number of aliphatic imine (C=N–C) groups is 1. The van der Waals surface area contributed by atoms with Gasteiger partial charge < -0.3 is 9.84 Å². The fraction of sp³-hybridized carbons (Fsp3) is 0.526. The van der Waals surface area contributed by atoms with Crippen molar-refractivity contribution in [3.8, 4) is 0 Å². The van der Waals surface area contributed by atoms with Gasteiger partial charge in [-0.3, -0.25) is 4.99 Å². The van der Waals surface area contributed by atoms with Crippen LogP contribution in [0.15, 0.2) is 53.1 Å². The third-order valence-corrected chi connectivity index (χ3v) is 3.95. The molecule has 120 valence electrons. The number of hydrogen-bond donors (Lipinski definition) is 1. The Kier molecular flexibility index (Phi) is 5.92. The Balaban J connectivity index is 1.82. The van der Waals surface area contributed by atoms with Gasteiger partial charge in [0.15, 0.2) is 0 Å². The van der Waals surface area contributed by atoms with Crippen LogP contribution in [0.2, 0.25) is 0 Å². The van der Waals surface area contributed by atoms with Gasteiger partial charge in [0.1, 0.15) is 11.7 Å². The van der Waals surface area contributed by atoms with Crippen molar-refractivity contribution < 1.29 is 9.84 Å². The largest absolute Gasteiger partial charge is 0.384 e. The van der Waals surface area contributed by atoms with Crippen LogP contribution in [0.1, 0.15) is 40.0 Å². The first-order valence-corrected chi connectivity index (χ1v) is 8.14. The van der Waals surface area contributed by atoms with Crippen LogP contribution < -0.4 is 0 Å². The highest BCUT2D eigenvalue weighted by Crippen LogP contribution is 2.35. The molecule has 1 unspecified atom stereocenters. The highest BCUT2D eigenvalue weighted by molar-refractivity contribution is 5.98. The molecule has 1 N–H and O–H groups in total. The maximum Gasteiger partial charge on any atom is 0.125 e. The minimum absolute atomic E-state index is 0.0585. The third-order valence-electron chi connectivity index (χ3n) is 3.95. The fourth-order valence-electron chi connectivity index (χ4n) is 2.58. The van der Waals surface area contributed by atoms with E-state index < -0.39 is 5.60 Å². The second-order valence-electron chi connectivity index (χ2n) is 6.16. The molecule has 0 aromatic rings. The highest BCUT2D eigenvalue weighted by Gasteiger charge is 2.50. The van der Waals surface area contributed by atoms with Crippen molar-refractivity contribution in [1.29, 1.82) is 0 Å². The number of fused-ring (bicyclic) bond motifs is 1. The quantitative estimate of drug-likeness (QED) is 0.575. The molecule has 2 heterocycles. The summed E-state index contributed by atoms with van der Waals surface area (Å²) in [6.45, 7) is 6.79. The summed E-state index contributed by atoms with van der Waals surface area (Å²) in [5.74, 6) is 0. The van der Waals surface area contributed by atoms with Crippen molar-refractivity contribution in [2.24, 2.45) is 4.99 Å². The van der Waals surface area contributed by atoms with E-state index in [1.54, 1.807) is 0 Å². The fourth-order valence-corrected chi connectivity index (χ4v) is 2.58. The summed E-state index contributed by atoms with van der Waals surface area (Å²) >= 11 is 0. The number of ether oxygens (including phenoxy) is 1. The normalized spacial score (nSPS) is 28.2. The van der Waals surface area contributed by atoms with Crippen molar-refractivity contribution in [3.05, 3.63) is 48.1 Å². The number of nitrogens with zero attached hydrogens (tertiary/aromatic N) is 1. The Labute approximate surface area is 133 Å². The Morgan fingerprint density at radius 3 is 2.95 bits per heavy atom. The Morgan fingerprint density at radius 1 is 1.36 bits per heavy atom. The SMILES string of the molecule is CC/C=C/C=C(C)/C=C/C=C/CC(C)(O)C1=NCC[C@H]2O[C@@H]12. The molecule has 0 radical (unpaired) electrons. The molecule has 0 aliphatic carbocycles. The Hall–Kier alpha value is -1.45. The molecule has 0 aromatic heterocycles. The van der Waals surface area contributed by atoms with Crippen LogP contribution >= 0.6 is 0 Å². The summed E-state index contributed by atoms with van der Waals surface area (Å²) in [4.78, 5) is 4.47. The monoisotopic (exact) mass is 301 g/mol. The molecule has 2 aliphatic rings. The first-order chi connectivity index (χ1) is 10.5. The summed E-state index contributed by atoms with van der Waals surface area (Å²) < 4.78 is 5.54. The molecular weight excluding hydrogens is 274 g/mol. The van der Waals surface area contributed by atoms with E-state index >= 15 is 0 Å². The van der Waals surface area contributed by atoms with Crippen LogP contribution in [0, 0.1) is 0 Å². The summed E-state index contributed by atoms with van der Waals surface area (Å²) in [7, 11) is 0. The lowest BCUT2D eigenvalue weighted by Crippen LogP contribution is -2.40. The van der Waals surface area contributed by atoms with Crippen LogP contribution in [0.3, 0.4) is 0 Å². The van der Waals surface area contributed by atoms with E-state index in [1.807, 2.05) is 25.2 Å². The van der Waals surface area contributed by atoms with E-state index in [9.17, 15) is 5.11 Å². The van der Waals surface area contributed by atoms with E-state index in [2.05, 4.69) is 43.1 Å². The molecule has 2 aliphatic heterocycles. The molecule has 3 atom stereocenters. The molecule has 2 rings (SSSR count). The van der Waals surface area contributed by atoms with Gasteiger partial charge in [0.05, 0.1) is 11.8 Å². The van der Waals surface area contributed by atoms with Gasteiger partial charge in [-0.1, -0.05) is 55.0 Å². The summed E-state index contributed by atoms with van der Waals surface area (Å²) in [6.07, 6.45) is 17.3. The van der Waals surface area contributed by atoms with Crippen LogP contribution in [-0.4, -0.2) is 35.2 Å². The standard InChI is InChI=1S/C19H27NO2/c1-4-5-7-10-15(2)11-8-6-9-13-19(3,21)18-17-16(22-17)12-14-20-18/h5-11,16-17,21H,4,12-14H2,1-3H3/b7-5+,9-6+,11-8+,15-10+/t16-,17-,19?/m1/s1. The van der Waals surface area contributed by atoms with E-state index in [1.165, 1.54) is 5.57 Å². The van der Waals surface area contributed by atoms with Gasteiger partial charge >= 0.3 is 0 Å².